The van der Waals surface area contributed by atoms with E-state index in [-0.39, 0.29) is 0 Å². The molecule has 5 heteroatoms. The van der Waals surface area contributed by atoms with Crippen molar-refractivity contribution in [1.29, 1.82) is 0 Å². The predicted octanol–water partition coefficient (Wildman–Crippen LogP) is 3.75. The Morgan fingerprint density at radius 3 is 2.79 bits per heavy atom. The molecular formula is C14H18N2O2S. The van der Waals surface area contributed by atoms with Gasteiger partial charge in [0.05, 0.1) is 23.5 Å². The van der Waals surface area contributed by atoms with Gasteiger partial charge in [-0.1, -0.05) is 25.6 Å². The van der Waals surface area contributed by atoms with E-state index in [0.29, 0.717) is 24.1 Å². The Bertz CT molecular complexity index is 552. The minimum atomic E-state index is 0.439. The summed E-state index contributed by atoms with van der Waals surface area (Å²) < 4.78 is 10.9. The van der Waals surface area contributed by atoms with Gasteiger partial charge < -0.3 is 14.9 Å². The lowest BCUT2D eigenvalue weighted by Gasteiger charge is -2.10. The Balaban J connectivity index is 2.14. The van der Waals surface area contributed by atoms with E-state index in [1.54, 1.807) is 6.26 Å². The van der Waals surface area contributed by atoms with Crippen LogP contribution >= 0.6 is 11.8 Å². The maximum absolute atomic E-state index is 5.86. The lowest BCUT2D eigenvalue weighted by Crippen LogP contribution is -2.07. The highest BCUT2D eigenvalue weighted by atomic mass is 32.2. The van der Waals surface area contributed by atoms with Crippen LogP contribution in [0.3, 0.4) is 0 Å². The first-order valence-corrected chi connectivity index (χ1v) is 6.99. The summed E-state index contributed by atoms with van der Waals surface area (Å²) in [6.07, 6.45) is 1.67. The molecule has 0 saturated heterocycles. The molecule has 2 heterocycles. The molecule has 4 nitrogen and oxygen atoms in total. The number of nitrogens with two attached hydrogens (primary N) is 1. The molecular weight excluding hydrogens is 260 g/mol. The zero-order valence-electron chi connectivity index (χ0n) is 11.3. The van der Waals surface area contributed by atoms with Crippen molar-refractivity contribution in [3.63, 3.8) is 0 Å². The zero-order chi connectivity index (χ0) is 13.8. The highest BCUT2D eigenvalue weighted by molar-refractivity contribution is 7.99. The molecule has 0 unspecified atom stereocenters. The summed E-state index contributed by atoms with van der Waals surface area (Å²) in [4.78, 5) is 5.48. The van der Waals surface area contributed by atoms with Gasteiger partial charge in [0.1, 0.15) is 10.8 Å². The van der Waals surface area contributed by atoms with Gasteiger partial charge in [-0.25, -0.2) is 4.98 Å². The Morgan fingerprint density at radius 2 is 2.16 bits per heavy atom. The lowest BCUT2D eigenvalue weighted by molar-refractivity contribution is 0.261. The number of ether oxygens (including phenoxy) is 1. The third-order valence-electron chi connectivity index (χ3n) is 2.44. The molecule has 0 aliphatic carbocycles. The SMILES string of the molecule is Cc1occc1Sc1ccc(N)c(OCC(C)C)n1. The number of aryl methyl sites for hydroxylation is 1. The minimum absolute atomic E-state index is 0.439. The van der Waals surface area contributed by atoms with Crippen LogP contribution in [0.15, 0.2) is 38.8 Å². The maximum Gasteiger partial charge on any atom is 0.238 e. The fourth-order valence-electron chi connectivity index (χ4n) is 1.44. The largest absolute Gasteiger partial charge is 0.476 e. The first-order chi connectivity index (χ1) is 9.06. The van der Waals surface area contributed by atoms with Crippen LogP contribution in [0.4, 0.5) is 5.69 Å². The van der Waals surface area contributed by atoms with E-state index in [4.69, 9.17) is 14.9 Å². The number of rotatable bonds is 5. The minimum Gasteiger partial charge on any atom is -0.476 e. The maximum atomic E-state index is 5.86. The first kappa shape index (κ1) is 13.8. The molecule has 0 spiro atoms. The number of anilines is 1. The van der Waals surface area contributed by atoms with Gasteiger partial charge in [-0.2, -0.15) is 0 Å². The molecule has 102 valence electrons. The number of hydrogen-bond acceptors (Lipinski definition) is 5. The summed E-state index contributed by atoms with van der Waals surface area (Å²) >= 11 is 1.54. The molecule has 19 heavy (non-hydrogen) atoms. The average Bonchev–Trinajstić information content (AvgIpc) is 2.75. The van der Waals surface area contributed by atoms with Gasteiger partial charge in [-0.15, -0.1) is 0 Å². The van der Waals surface area contributed by atoms with Gasteiger partial charge in [0.15, 0.2) is 0 Å². The van der Waals surface area contributed by atoms with Crippen molar-refractivity contribution in [2.75, 3.05) is 12.3 Å². The first-order valence-electron chi connectivity index (χ1n) is 6.17. The summed E-state index contributed by atoms with van der Waals surface area (Å²) in [5, 5.41) is 0.845. The van der Waals surface area contributed by atoms with Gasteiger partial charge in [0.2, 0.25) is 5.88 Å². The molecule has 0 radical (unpaired) electrons. The normalized spacial score (nSPS) is 10.9. The fourth-order valence-corrected chi connectivity index (χ4v) is 2.25. The zero-order valence-corrected chi connectivity index (χ0v) is 12.2. The highest BCUT2D eigenvalue weighted by Crippen LogP contribution is 2.32. The molecule has 2 rings (SSSR count). The van der Waals surface area contributed by atoms with E-state index in [1.165, 1.54) is 11.8 Å². The van der Waals surface area contributed by atoms with E-state index in [0.717, 1.165) is 15.7 Å². The van der Waals surface area contributed by atoms with Crippen molar-refractivity contribution in [2.24, 2.45) is 5.92 Å². The Labute approximate surface area is 117 Å². The number of furan rings is 1. The number of pyridine rings is 1. The number of nitrogen functional groups attached to an aromatic ring is 1. The van der Waals surface area contributed by atoms with Crippen molar-refractivity contribution >= 4 is 17.4 Å². The Morgan fingerprint density at radius 1 is 1.37 bits per heavy atom. The fraction of sp³-hybridized carbons (Fsp3) is 0.357. The molecule has 0 fully saturated rings. The van der Waals surface area contributed by atoms with E-state index in [9.17, 15) is 0 Å². The molecule has 0 atom stereocenters. The molecule has 0 saturated carbocycles. The van der Waals surface area contributed by atoms with Crippen molar-refractivity contribution in [2.45, 2.75) is 30.7 Å². The van der Waals surface area contributed by atoms with Crippen LogP contribution in [0.25, 0.3) is 0 Å². The van der Waals surface area contributed by atoms with Crippen LogP contribution in [-0.4, -0.2) is 11.6 Å². The molecule has 2 aromatic rings. The van der Waals surface area contributed by atoms with Gasteiger partial charge in [0.25, 0.3) is 0 Å². The highest BCUT2D eigenvalue weighted by Gasteiger charge is 2.09. The number of nitrogens with zero attached hydrogens (tertiary/aromatic N) is 1. The smallest absolute Gasteiger partial charge is 0.238 e. The van der Waals surface area contributed by atoms with Gasteiger partial charge in [-0.3, -0.25) is 0 Å². The third-order valence-corrected chi connectivity index (χ3v) is 3.52. The molecule has 2 aromatic heterocycles. The molecule has 2 N–H and O–H groups in total. The standard InChI is InChI=1S/C14H18N2O2S/c1-9(2)8-18-14-11(15)4-5-13(16-14)19-12-6-7-17-10(12)3/h4-7,9H,8,15H2,1-3H3. The summed E-state index contributed by atoms with van der Waals surface area (Å²) in [6.45, 7) is 6.71. The van der Waals surface area contributed by atoms with Crippen molar-refractivity contribution in [3.8, 4) is 5.88 Å². The quantitative estimate of drug-likeness (QED) is 0.902. The summed E-state index contributed by atoms with van der Waals surface area (Å²) in [5.41, 5.74) is 6.43. The number of aromatic nitrogens is 1. The van der Waals surface area contributed by atoms with Crippen LogP contribution < -0.4 is 10.5 Å². The van der Waals surface area contributed by atoms with Crippen LogP contribution in [0, 0.1) is 12.8 Å². The summed E-state index contributed by atoms with van der Waals surface area (Å²) in [6, 6.07) is 5.63. The van der Waals surface area contributed by atoms with E-state index >= 15 is 0 Å². The topological polar surface area (TPSA) is 61.3 Å². The monoisotopic (exact) mass is 278 g/mol. The van der Waals surface area contributed by atoms with Crippen LogP contribution in [0.2, 0.25) is 0 Å². The van der Waals surface area contributed by atoms with Gasteiger partial charge in [0, 0.05) is 0 Å². The molecule has 0 aliphatic heterocycles. The second-order valence-corrected chi connectivity index (χ2v) is 5.75. The Hall–Kier alpha value is -1.62. The molecule has 0 amide bonds. The second-order valence-electron chi connectivity index (χ2n) is 4.69. The van der Waals surface area contributed by atoms with E-state index < -0.39 is 0 Å². The molecule has 0 bridgehead atoms. The lowest BCUT2D eigenvalue weighted by atomic mass is 10.2. The second kappa shape index (κ2) is 6.02. The van der Waals surface area contributed by atoms with Gasteiger partial charge >= 0.3 is 0 Å². The van der Waals surface area contributed by atoms with Gasteiger partial charge in [-0.05, 0) is 31.0 Å². The third kappa shape index (κ3) is 3.67. The van der Waals surface area contributed by atoms with Crippen LogP contribution in [0.5, 0.6) is 5.88 Å². The van der Waals surface area contributed by atoms with Crippen LogP contribution in [0.1, 0.15) is 19.6 Å². The Kier molecular flexibility index (Phi) is 4.37. The summed E-state index contributed by atoms with van der Waals surface area (Å²) in [5.74, 6) is 1.82. The van der Waals surface area contributed by atoms with E-state index in [1.807, 2.05) is 25.1 Å². The van der Waals surface area contributed by atoms with Crippen molar-refractivity contribution in [3.05, 3.63) is 30.2 Å². The number of hydrogen-bond donors (Lipinski definition) is 1. The molecule has 0 aliphatic rings. The van der Waals surface area contributed by atoms with E-state index in [2.05, 4.69) is 18.8 Å². The molecule has 0 aromatic carbocycles. The summed E-state index contributed by atoms with van der Waals surface area (Å²) in [7, 11) is 0. The predicted molar refractivity (Wildman–Crippen MR) is 76.6 cm³/mol. The van der Waals surface area contributed by atoms with Crippen molar-refractivity contribution < 1.29 is 9.15 Å². The van der Waals surface area contributed by atoms with Crippen molar-refractivity contribution in [1.82, 2.24) is 4.98 Å². The average molecular weight is 278 g/mol. The van der Waals surface area contributed by atoms with Crippen LogP contribution in [-0.2, 0) is 0 Å².